The van der Waals surface area contributed by atoms with Crippen molar-refractivity contribution >= 4 is 5.82 Å². The third kappa shape index (κ3) is 2.25. The number of hydrogen-bond donors (Lipinski definition) is 1. The Morgan fingerprint density at radius 3 is 2.57 bits per heavy atom. The van der Waals surface area contributed by atoms with Gasteiger partial charge in [0, 0.05) is 24.8 Å². The Morgan fingerprint density at radius 1 is 1.00 bits per heavy atom. The smallest absolute Gasteiger partial charge is 0.176 e. The minimum absolute atomic E-state index is 0.755. The van der Waals surface area contributed by atoms with Gasteiger partial charge in [-0.3, -0.25) is 0 Å². The lowest BCUT2D eigenvalue weighted by atomic mass is 10.1. The van der Waals surface area contributed by atoms with Crippen LogP contribution in [0, 0.1) is 0 Å². The van der Waals surface area contributed by atoms with Crippen molar-refractivity contribution in [3.63, 3.8) is 0 Å². The minimum Gasteiger partial charge on any atom is -0.378 e. The van der Waals surface area contributed by atoms with Crippen LogP contribution in [-0.2, 0) is 4.74 Å². The van der Waals surface area contributed by atoms with Gasteiger partial charge in [-0.1, -0.05) is 30.3 Å². The number of H-pyrrole nitrogens is 1. The molecule has 3 heterocycles. The molecule has 1 N–H and O–H groups in total. The van der Waals surface area contributed by atoms with Crippen molar-refractivity contribution in [1.29, 1.82) is 0 Å². The van der Waals surface area contributed by atoms with Gasteiger partial charge in [-0.25, -0.2) is 9.97 Å². The molecule has 0 amide bonds. The van der Waals surface area contributed by atoms with Crippen molar-refractivity contribution in [3.05, 3.63) is 42.7 Å². The predicted molar refractivity (Wildman–Crippen MR) is 81.5 cm³/mol. The third-order valence-electron chi connectivity index (χ3n) is 3.81. The number of aromatic nitrogens is 3. The second kappa shape index (κ2) is 5.18. The molecule has 3 aliphatic heterocycles. The summed E-state index contributed by atoms with van der Waals surface area (Å²) in [4.78, 5) is 14.6. The molecule has 5 heteroatoms. The molecule has 21 heavy (non-hydrogen) atoms. The first-order chi connectivity index (χ1) is 10.4. The first-order valence-electron chi connectivity index (χ1n) is 7.14. The maximum absolute atomic E-state index is 5.40. The SMILES string of the molecule is c1ccc(-c2cnc3ncc(N4CCOCC4)[nH]c2-3)cc1. The highest BCUT2D eigenvalue weighted by Gasteiger charge is 2.18. The third-order valence-corrected chi connectivity index (χ3v) is 3.81. The van der Waals surface area contributed by atoms with Crippen molar-refractivity contribution in [2.24, 2.45) is 0 Å². The molecule has 3 aliphatic rings. The Hall–Kier alpha value is -2.40. The number of nitrogens with one attached hydrogen (secondary N) is 1. The first-order valence-corrected chi connectivity index (χ1v) is 7.14. The summed E-state index contributed by atoms with van der Waals surface area (Å²) < 4.78 is 5.40. The lowest BCUT2D eigenvalue weighted by Crippen LogP contribution is -2.36. The van der Waals surface area contributed by atoms with Gasteiger partial charge in [-0.15, -0.1) is 0 Å². The number of benzene rings is 1. The van der Waals surface area contributed by atoms with Crippen LogP contribution in [0.4, 0.5) is 5.82 Å². The zero-order valence-electron chi connectivity index (χ0n) is 11.6. The van der Waals surface area contributed by atoms with E-state index in [0.29, 0.717) is 0 Å². The fourth-order valence-corrected chi connectivity index (χ4v) is 2.68. The van der Waals surface area contributed by atoms with E-state index in [-0.39, 0.29) is 0 Å². The number of fused-ring (bicyclic) bond motifs is 1. The summed E-state index contributed by atoms with van der Waals surface area (Å²) in [5, 5.41) is 0. The number of aromatic amines is 1. The first kappa shape index (κ1) is 12.3. The monoisotopic (exact) mass is 280 g/mol. The van der Waals surface area contributed by atoms with Crippen molar-refractivity contribution in [3.8, 4) is 22.6 Å². The lowest BCUT2D eigenvalue weighted by molar-refractivity contribution is 0.122. The maximum Gasteiger partial charge on any atom is 0.176 e. The quantitative estimate of drug-likeness (QED) is 0.783. The molecule has 1 fully saturated rings. The topological polar surface area (TPSA) is 54.0 Å². The van der Waals surface area contributed by atoms with Crippen LogP contribution in [0.5, 0.6) is 0 Å². The average Bonchev–Trinajstić information content (AvgIpc) is 2.99. The standard InChI is InChI=1S/C16H16N4O/c1-2-4-12(5-3-1)13-10-17-16-15(13)19-14(11-18-16)20-6-8-21-9-7-20/h1-5,10-11,19H,6-9H2. The van der Waals surface area contributed by atoms with Gasteiger partial charge in [0.2, 0.25) is 0 Å². The maximum atomic E-state index is 5.40. The van der Waals surface area contributed by atoms with Gasteiger partial charge in [0.15, 0.2) is 5.82 Å². The van der Waals surface area contributed by atoms with Gasteiger partial charge in [0.1, 0.15) is 5.82 Å². The minimum atomic E-state index is 0.755. The van der Waals surface area contributed by atoms with Crippen molar-refractivity contribution < 1.29 is 4.74 Å². The van der Waals surface area contributed by atoms with E-state index < -0.39 is 0 Å². The summed E-state index contributed by atoms with van der Waals surface area (Å²) in [7, 11) is 0. The largest absolute Gasteiger partial charge is 0.378 e. The molecule has 0 atom stereocenters. The van der Waals surface area contributed by atoms with Gasteiger partial charge in [-0.2, -0.15) is 0 Å². The van der Waals surface area contributed by atoms with Gasteiger partial charge in [-0.05, 0) is 5.56 Å². The van der Waals surface area contributed by atoms with Gasteiger partial charge < -0.3 is 14.6 Å². The van der Waals surface area contributed by atoms with Crippen LogP contribution in [0.25, 0.3) is 22.6 Å². The fourth-order valence-electron chi connectivity index (χ4n) is 2.68. The van der Waals surface area contributed by atoms with Gasteiger partial charge in [0.25, 0.3) is 0 Å². The average molecular weight is 280 g/mol. The molecular formula is C16H16N4O. The molecule has 0 unspecified atom stereocenters. The Kier molecular flexibility index (Phi) is 3.05. The molecule has 0 bridgehead atoms. The normalized spacial score (nSPS) is 15.5. The number of hydrogen-bond acceptors (Lipinski definition) is 4. The lowest BCUT2D eigenvalue weighted by Gasteiger charge is -2.28. The van der Waals surface area contributed by atoms with E-state index >= 15 is 0 Å². The summed E-state index contributed by atoms with van der Waals surface area (Å²) in [5.41, 5.74) is 3.23. The van der Waals surface area contributed by atoms with E-state index in [4.69, 9.17) is 4.74 Å². The Morgan fingerprint density at radius 2 is 1.76 bits per heavy atom. The molecule has 0 aromatic heterocycles. The van der Waals surface area contributed by atoms with E-state index in [1.54, 1.807) is 0 Å². The highest BCUT2D eigenvalue weighted by molar-refractivity contribution is 5.79. The molecule has 0 aliphatic carbocycles. The zero-order chi connectivity index (χ0) is 14.1. The molecule has 1 aromatic rings. The number of morpholine rings is 1. The van der Waals surface area contributed by atoms with Crippen LogP contribution in [0.1, 0.15) is 0 Å². The van der Waals surface area contributed by atoms with Crippen molar-refractivity contribution in [1.82, 2.24) is 15.0 Å². The highest BCUT2D eigenvalue weighted by atomic mass is 16.5. The van der Waals surface area contributed by atoms with E-state index in [1.165, 1.54) is 0 Å². The molecule has 1 saturated heterocycles. The molecule has 0 saturated carbocycles. The van der Waals surface area contributed by atoms with E-state index in [1.807, 2.05) is 30.6 Å². The summed E-state index contributed by atoms with van der Waals surface area (Å²) in [6.45, 7) is 3.30. The summed E-state index contributed by atoms with van der Waals surface area (Å²) >= 11 is 0. The molecule has 106 valence electrons. The molecule has 0 radical (unpaired) electrons. The van der Waals surface area contributed by atoms with Crippen LogP contribution in [0.2, 0.25) is 0 Å². The second-order valence-corrected chi connectivity index (χ2v) is 5.10. The number of rotatable bonds is 2. The summed E-state index contributed by atoms with van der Waals surface area (Å²) in [6.07, 6.45) is 3.74. The molecule has 5 nitrogen and oxygen atoms in total. The highest BCUT2D eigenvalue weighted by Crippen LogP contribution is 2.31. The number of anilines is 1. The zero-order valence-corrected chi connectivity index (χ0v) is 11.6. The summed E-state index contributed by atoms with van der Waals surface area (Å²) in [5.74, 6) is 1.78. The van der Waals surface area contributed by atoms with Crippen LogP contribution < -0.4 is 4.90 Å². The van der Waals surface area contributed by atoms with Crippen LogP contribution in [-0.4, -0.2) is 41.3 Å². The van der Waals surface area contributed by atoms with E-state index in [9.17, 15) is 0 Å². The van der Waals surface area contributed by atoms with Crippen LogP contribution in [0.3, 0.4) is 0 Å². The van der Waals surface area contributed by atoms with Gasteiger partial charge >= 0.3 is 0 Å². The molecule has 1 aromatic carbocycles. The molecule has 4 rings (SSSR count). The molecule has 0 spiro atoms. The van der Waals surface area contributed by atoms with Crippen molar-refractivity contribution in [2.75, 3.05) is 31.2 Å². The van der Waals surface area contributed by atoms with Crippen LogP contribution >= 0.6 is 0 Å². The Balaban J connectivity index is 1.77. The summed E-state index contributed by atoms with van der Waals surface area (Å²) in [6, 6.07) is 10.3. The predicted octanol–water partition coefficient (Wildman–Crippen LogP) is 2.41. The number of ether oxygens (including phenoxy) is 1. The van der Waals surface area contributed by atoms with Crippen molar-refractivity contribution in [2.45, 2.75) is 0 Å². The van der Waals surface area contributed by atoms with E-state index in [0.717, 1.165) is 54.8 Å². The Bertz CT molecular complexity index is 704. The van der Waals surface area contributed by atoms with E-state index in [2.05, 4.69) is 32.0 Å². The second-order valence-electron chi connectivity index (χ2n) is 5.10. The molecular weight excluding hydrogens is 264 g/mol. The van der Waals surface area contributed by atoms with Gasteiger partial charge in [0.05, 0.1) is 25.1 Å². The van der Waals surface area contributed by atoms with Crippen LogP contribution in [0.15, 0.2) is 42.7 Å². The Labute approximate surface area is 123 Å². The number of nitrogens with zero attached hydrogens (tertiary/aromatic N) is 3. The fraction of sp³-hybridized carbons (Fsp3) is 0.250.